The number of rotatable bonds is 1. The molecule has 0 saturated heterocycles. The molecule has 1 nitrogen and oxygen atoms in total. The Labute approximate surface area is 91.5 Å². The summed E-state index contributed by atoms with van der Waals surface area (Å²) in [6, 6.07) is 2.49. The predicted octanol–water partition coefficient (Wildman–Crippen LogP) is 3.35. The van der Waals surface area contributed by atoms with Gasteiger partial charge in [0.25, 0.3) is 0 Å². The minimum Gasteiger partial charge on any atom is -0.327 e. The second kappa shape index (κ2) is 3.07. The minimum absolute atomic E-state index is 0.271. The average molecular weight is 260 g/mol. The molecule has 0 spiro atoms. The van der Waals surface area contributed by atoms with Gasteiger partial charge in [-0.2, -0.15) is 0 Å². The lowest BCUT2D eigenvalue weighted by Crippen LogP contribution is -2.52. The summed E-state index contributed by atoms with van der Waals surface area (Å²) in [5.74, 6) is 0.650. The van der Waals surface area contributed by atoms with Crippen molar-refractivity contribution in [2.75, 3.05) is 0 Å². The van der Waals surface area contributed by atoms with Crippen LogP contribution in [-0.2, 0) is 0 Å². The fourth-order valence-corrected chi connectivity index (χ4v) is 3.92. The second-order valence-corrected chi connectivity index (χ2v) is 6.15. The molecule has 0 bridgehead atoms. The molecule has 72 valence electrons. The first-order chi connectivity index (χ1) is 6.03. The Bertz CT molecular complexity index is 318. The van der Waals surface area contributed by atoms with Gasteiger partial charge in [-0.15, -0.1) is 11.3 Å². The van der Waals surface area contributed by atoms with Gasteiger partial charge in [0.2, 0.25) is 0 Å². The Morgan fingerprint density at radius 2 is 2.31 bits per heavy atom. The number of halogens is 1. The Morgan fingerprint density at radius 1 is 1.62 bits per heavy atom. The topological polar surface area (TPSA) is 26.0 Å². The maximum Gasteiger partial charge on any atom is 0.0317 e. The van der Waals surface area contributed by atoms with Crippen LogP contribution >= 0.6 is 27.3 Å². The van der Waals surface area contributed by atoms with Gasteiger partial charge in [0.15, 0.2) is 0 Å². The van der Waals surface area contributed by atoms with Gasteiger partial charge in [-0.1, -0.05) is 13.8 Å². The number of hydrogen-bond donors (Lipinski definition) is 1. The van der Waals surface area contributed by atoms with Crippen molar-refractivity contribution < 1.29 is 0 Å². The van der Waals surface area contributed by atoms with Crippen molar-refractivity contribution in [3.8, 4) is 0 Å². The van der Waals surface area contributed by atoms with Crippen LogP contribution in [0.5, 0.6) is 0 Å². The Kier molecular flexibility index (Phi) is 2.29. The Morgan fingerprint density at radius 3 is 2.69 bits per heavy atom. The standard InChI is InChI=1S/C10H14BrNS/c1-10(2)6(5-8(10)12)9-7(11)3-4-13-9/h3-4,6,8H,5,12H2,1-2H3. The average Bonchev–Trinajstić information content (AvgIpc) is 2.47. The van der Waals surface area contributed by atoms with Gasteiger partial charge in [-0.25, -0.2) is 0 Å². The van der Waals surface area contributed by atoms with Gasteiger partial charge in [-0.3, -0.25) is 0 Å². The first-order valence-electron chi connectivity index (χ1n) is 4.52. The molecule has 0 aliphatic heterocycles. The third-order valence-corrected chi connectivity index (χ3v) is 5.29. The van der Waals surface area contributed by atoms with E-state index in [1.54, 1.807) is 0 Å². The molecule has 13 heavy (non-hydrogen) atoms. The summed E-state index contributed by atoms with van der Waals surface area (Å²) in [5.41, 5.74) is 6.26. The molecule has 1 aromatic rings. The van der Waals surface area contributed by atoms with Crippen molar-refractivity contribution in [1.82, 2.24) is 0 Å². The zero-order valence-electron chi connectivity index (χ0n) is 7.88. The van der Waals surface area contributed by atoms with Gasteiger partial charge < -0.3 is 5.73 Å². The molecule has 2 unspecified atom stereocenters. The highest BCUT2D eigenvalue weighted by molar-refractivity contribution is 9.10. The summed E-state index contributed by atoms with van der Waals surface area (Å²) in [6.07, 6.45) is 1.13. The zero-order valence-corrected chi connectivity index (χ0v) is 10.3. The van der Waals surface area contributed by atoms with E-state index in [0.29, 0.717) is 12.0 Å². The van der Waals surface area contributed by atoms with Crippen molar-refractivity contribution in [2.45, 2.75) is 32.2 Å². The SMILES string of the molecule is CC1(C)C(N)CC1c1sccc1Br. The molecule has 1 heterocycles. The summed E-state index contributed by atoms with van der Waals surface area (Å²) >= 11 is 5.42. The van der Waals surface area contributed by atoms with Gasteiger partial charge in [0, 0.05) is 21.3 Å². The van der Waals surface area contributed by atoms with Crippen molar-refractivity contribution in [3.05, 3.63) is 20.8 Å². The van der Waals surface area contributed by atoms with E-state index in [4.69, 9.17) is 5.73 Å². The third kappa shape index (κ3) is 1.37. The first-order valence-corrected chi connectivity index (χ1v) is 6.19. The fraction of sp³-hybridized carbons (Fsp3) is 0.600. The molecule has 2 N–H and O–H groups in total. The van der Waals surface area contributed by atoms with E-state index in [0.717, 1.165) is 6.42 Å². The van der Waals surface area contributed by atoms with E-state index in [1.165, 1.54) is 9.35 Å². The summed E-state index contributed by atoms with van der Waals surface area (Å²) < 4.78 is 1.25. The lowest BCUT2D eigenvalue weighted by Gasteiger charge is -2.50. The molecule has 1 fully saturated rings. The summed E-state index contributed by atoms with van der Waals surface area (Å²) in [6.45, 7) is 4.52. The molecule has 1 aliphatic carbocycles. The van der Waals surface area contributed by atoms with E-state index < -0.39 is 0 Å². The number of nitrogens with two attached hydrogens (primary N) is 1. The van der Waals surface area contributed by atoms with Crippen LogP contribution in [0.3, 0.4) is 0 Å². The lowest BCUT2D eigenvalue weighted by molar-refractivity contribution is 0.100. The smallest absolute Gasteiger partial charge is 0.0317 e. The minimum atomic E-state index is 0.271. The van der Waals surface area contributed by atoms with E-state index in [1.807, 2.05) is 11.3 Å². The molecule has 1 aliphatic rings. The van der Waals surface area contributed by atoms with Crippen LogP contribution in [0.25, 0.3) is 0 Å². The largest absolute Gasteiger partial charge is 0.327 e. The predicted molar refractivity (Wildman–Crippen MR) is 61.1 cm³/mol. The maximum atomic E-state index is 5.99. The second-order valence-electron chi connectivity index (χ2n) is 4.35. The van der Waals surface area contributed by atoms with Crippen molar-refractivity contribution in [3.63, 3.8) is 0 Å². The molecule has 3 heteroatoms. The van der Waals surface area contributed by atoms with Gasteiger partial charge >= 0.3 is 0 Å². The maximum absolute atomic E-state index is 5.99. The van der Waals surface area contributed by atoms with E-state index in [2.05, 4.69) is 41.2 Å². The molecule has 2 rings (SSSR count). The van der Waals surface area contributed by atoms with Crippen LogP contribution in [0.4, 0.5) is 0 Å². The van der Waals surface area contributed by atoms with Crippen LogP contribution < -0.4 is 5.73 Å². The Balaban J connectivity index is 2.26. The molecular weight excluding hydrogens is 246 g/mol. The van der Waals surface area contributed by atoms with E-state index in [9.17, 15) is 0 Å². The van der Waals surface area contributed by atoms with Crippen LogP contribution in [0.2, 0.25) is 0 Å². The molecular formula is C10H14BrNS. The third-order valence-electron chi connectivity index (χ3n) is 3.30. The van der Waals surface area contributed by atoms with Gasteiger partial charge in [-0.05, 0) is 39.2 Å². The van der Waals surface area contributed by atoms with E-state index in [-0.39, 0.29) is 5.41 Å². The molecule has 1 saturated carbocycles. The van der Waals surface area contributed by atoms with Crippen LogP contribution in [0.1, 0.15) is 31.1 Å². The van der Waals surface area contributed by atoms with Crippen LogP contribution in [-0.4, -0.2) is 6.04 Å². The quantitative estimate of drug-likeness (QED) is 0.823. The van der Waals surface area contributed by atoms with E-state index >= 15 is 0 Å². The van der Waals surface area contributed by atoms with Gasteiger partial charge in [0.1, 0.15) is 0 Å². The monoisotopic (exact) mass is 259 g/mol. The summed E-state index contributed by atoms with van der Waals surface area (Å²) in [4.78, 5) is 1.46. The van der Waals surface area contributed by atoms with Crippen LogP contribution in [0, 0.1) is 5.41 Å². The first kappa shape index (κ1) is 9.69. The van der Waals surface area contributed by atoms with Crippen molar-refractivity contribution in [2.24, 2.45) is 11.1 Å². The normalized spacial score (nSPS) is 31.4. The molecule has 0 amide bonds. The molecule has 2 atom stereocenters. The zero-order chi connectivity index (χ0) is 9.64. The fourth-order valence-electron chi connectivity index (χ4n) is 1.96. The molecule has 0 radical (unpaired) electrons. The summed E-state index contributed by atoms with van der Waals surface area (Å²) in [7, 11) is 0. The Hall–Kier alpha value is 0.140. The molecule has 1 aromatic heterocycles. The highest BCUT2D eigenvalue weighted by Crippen LogP contribution is 2.54. The van der Waals surface area contributed by atoms with Crippen molar-refractivity contribution in [1.29, 1.82) is 0 Å². The lowest BCUT2D eigenvalue weighted by atomic mass is 9.58. The van der Waals surface area contributed by atoms with Gasteiger partial charge in [0.05, 0.1) is 0 Å². The highest BCUT2D eigenvalue weighted by atomic mass is 79.9. The van der Waals surface area contributed by atoms with Crippen LogP contribution in [0.15, 0.2) is 15.9 Å². The number of hydrogen-bond acceptors (Lipinski definition) is 2. The van der Waals surface area contributed by atoms with Crippen molar-refractivity contribution >= 4 is 27.3 Å². The highest BCUT2D eigenvalue weighted by Gasteiger charge is 2.47. The summed E-state index contributed by atoms with van der Waals surface area (Å²) in [5, 5.41) is 2.14. The molecule has 0 aromatic carbocycles. The number of thiophene rings is 1.